The summed E-state index contributed by atoms with van der Waals surface area (Å²) >= 11 is 3.59. The third-order valence-electron chi connectivity index (χ3n) is 6.00. The molecule has 1 aliphatic heterocycles. The average molecular weight is 513 g/mol. The summed E-state index contributed by atoms with van der Waals surface area (Å²) < 4.78 is 12.6. The van der Waals surface area contributed by atoms with Gasteiger partial charge in [-0.15, -0.1) is 0 Å². The fraction of sp³-hybridized carbons (Fsp3) is 0.385. The van der Waals surface area contributed by atoms with Crippen molar-refractivity contribution in [2.75, 3.05) is 6.61 Å². The third kappa shape index (κ3) is 5.41. The summed E-state index contributed by atoms with van der Waals surface area (Å²) in [5.41, 5.74) is 3.28. The normalized spacial score (nSPS) is 18.0. The number of carbonyl (C=O) groups excluding carboxylic acids is 2. The van der Waals surface area contributed by atoms with Gasteiger partial charge in [-0.3, -0.25) is 9.69 Å². The van der Waals surface area contributed by atoms with Crippen molar-refractivity contribution < 1.29 is 19.1 Å². The van der Waals surface area contributed by atoms with E-state index in [0.717, 1.165) is 43.2 Å². The molecule has 1 aliphatic carbocycles. The standard InChI is InChI=1S/C26H29BrN2O4/c1-3-32-23-15-19(13-21(27)24(23)33-16-18-11-9-17(2)10-12-18)14-22-25(30)29(26(31)28-22)20-7-5-4-6-8-20/h9-15,20H,3-8,16H2,1-2H3,(H,28,31)/b22-14-. The highest BCUT2D eigenvalue weighted by Crippen LogP contribution is 2.38. The van der Waals surface area contributed by atoms with Crippen LogP contribution in [0, 0.1) is 6.92 Å². The first-order valence-corrected chi connectivity index (χ1v) is 12.3. The molecule has 1 heterocycles. The Bertz CT molecular complexity index is 1060. The highest BCUT2D eigenvalue weighted by molar-refractivity contribution is 9.10. The number of hydrogen-bond acceptors (Lipinski definition) is 4. The van der Waals surface area contributed by atoms with E-state index in [1.165, 1.54) is 10.5 Å². The zero-order chi connectivity index (χ0) is 23.4. The van der Waals surface area contributed by atoms with Gasteiger partial charge in [-0.2, -0.15) is 0 Å². The van der Waals surface area contributed by atoms with Gasteiger partial charge in [0.1, 0.15) is 12.3 Å². The molecule has 0 radical (unpaired) electrons. The highest BCUT2D eigenvalue weighted by Gasteiger charge is 2.39. The minimum Gasteiger partial charge on any atom is -0.490 e. The van der Waals surface area contributed by atoms with E-state index in [9.17, 15) is 9.59 Å². The molecule has 2 fully saturated rings. The number of benzene rings is 2. The van der Waals surface area contributed by atoms with Crippen LogP contribution in [0.1, 0.15) is 55.7 Å². The Kier molecular flexibility index (Phi) is 7.38. The van der Waals surface area contributed by atoms with E-state index in [1.54, 1.807) is 6.08 Å². The summed E-state index contributed by atoms with van der Waals surface area (Å²) in [6.45, 7) is 4.84. The van der Waals surface area contributed by atoms with Gasteiger partial charge in [0.15, 0.2) is 11.5 Å². The number of urea groups is 1. The molecule has 0 spiro atoms. The molecule has 7 heteroatoms. The second-order valence-electron chi connectivity index (χ2n) is 8.49. The number of halogens is 1. The molecule has 2 aromatic rings. The SMILES string of the molecule is CCOc1cc(/C=C2\NC(=O)N(C3CCCCC3)C2=O)cc(Br)c1OCc1ccc(C)cc1. The molecule has 2 aliphatic rings. The fourth-order valence-corrected chi connectivity index (χ4v) is 4.87. The van der Waals surface area contributed by atoms with E-state index in [2.05, 4.69) is 33.4 Å². The Morgan fingerprint density at radius 3 is 2.52 bits per heavy atom. The lowest BCUT2D eigenvalue weighted by molar-refractivity contribution is -0.124. The minimum atomic E-state index is -0.333. The van der Waals surface area contributed by atoms with Gasteiger partial charge in [0.2, 0.25) is 0 Å². The lowest BCUT2D eigenvalue weighted by atomic mass is 9.94. The Morgan fingerprint density at radius 2 is 1.82 bits per heavy atom. The Morgan fingerprint density at radius 1 is 1.09 bits per heavy atom. The van der Waals surface area contributed by atoms with Crippen LogP contribution in [-0.2, 0) is 11.4 Å². The second-order valence-corrected chi connectivity index (χ2v) is 9.35. The smallest absolute Gasteiger partial charge is 0.329 e. The molecular weight excluding hydrogens is 484 g/mol. The molecule has 1 N–H and O–H groups in total. The van der Waals surface area contributed by atoms with Gasteiger partial charge in [-0.05, 0) is 72.0 Å². The number of nitrogens with one attached hydrogen (secondary N) is 1. The number of rotatable bonds is 7. The van der Waals surface area contributed by atoms with Crippen LogP contribution in [0.3, 0.4) is 0 Å². The molecule has 4 rings (SSSR count). The summed E-state index contributed by atoms with van der Waals surface area (Å²) in [4.78, 5) is 26.9. The third-order valence-corrected chi connectivity index (χ3v) is 6.58. The van der Waals surface area contributed by atoms with Crippen molar-refractivity contribution in [2.24, 2.45) is 0 Å². The minimum absolute atomic E-state index is 0.0135. The van der Waals surface area contributed by atoms with Crippen LogP contribution in [0.25, 0.3) is 6.08 Å². The lowest BCUT2D eigenvalue weighted by Crippen LogP contribution is -2.41. The molecule has 0 aromatic heterocycles. The molecule has 0 bridgehead atoms. The molecular formula is C26H29BrN2O4. The van der Waals surface area contributed by atoms with Crippen LogP contribution < -0.4 is 14.8 Å². The number of aryl methyl sites for hydroxylation is 1. The molecule has 3 amide bonds. The first-order chi connectivity index (χ1) is 16.0. The largest absolute Gasteiger partial charge is 0.490 e. The van der Waals surface area contributed by atoms with Crippen molar-refractivity contribution in [3.05, 3.63) is 63.3 Å². The quantitative estimate of drug-likeness (QED) is 0.367. The maximum Gasteiger partial charge on any atom is 0.329 e. The van der Waals surface area contributed by atoms with Gasteiger partial charge < -0.3 is 14.8 Å². The monoisotopic (exact) mass is 512 g/mol. The van der Waals surface area contributed by atoms with E-state index < -0.39 is 0 Å². The van der Waals surface area contributed by atoms with E-state index in [1.807, 2.05) is 38.1 Å². The van der Waals surface area contributed by atoms with Crippen LogP contribution in [-0.4, -0.2) is 29.5 Å². The predicted molar refractivity (Wildman–Crippen MR) is 131 cm³/mol. The van der Waals surface area contributed by atoms with E-state index in [-0.39, 0.29) is 23.7 Å². The summed E-state index contributed by atoms with van der Waals surface area (Å²) in [7, 11) is 0. The second kappa shape index (κ2) is 10.4. The van der Waals surface area contributed by atoms with Crippen molar-refractivity contribution in [1.82, 2.24) is 10.2 Å². The fourth-order valence-electron chi connectivity index (χ4n) is 4.30. The molecule has 2 aromatic carbocycles. The first kappa shape index (κ1) is 23.4. The molecule has 1 saturated heterocycles. The molecule has 1 saturated carbocycles. The maximum atomic E-state index is 13.0. The Balaban J connectivity index is 1.55. The topological polar surface area (TPSA) is 67.9 Å². The number of hydrogen-bond donors (Lipinski definition) is 1. The number of ether oxygens (including phenoxy) is 2. The average Bonchev–Trinajstić information content (AvgIpc) is 3.08. The van der Waals surface area contributed by atoms with Crippen LogP contribution in [0.4, 0.5) is 4.79 Å². The van der Waals surface area contributed by atoms with Crippen LogP contribution in [0.15, 0.2) is 46.6 Å². The summed E-state index contributed by atoms with van der Waals surface area (Å²) in [6.07, 6.45) is 6.71. The number of nitrogens with zero attached hydrogens (tertiary/aromatic N) is 1. The Hall–Kier alpha value is -2.80. The first-order valence-electron chi connectivity index (χ1n) is 11.5. The summed E-state index contributed by atoms with van der Waals surface area (Å²) in [5.74, 6) is 0.914. The zero-order valence-electron chi connectivity index (χ0n) is 19.0. The number of imide groups is 1. The summed E-state index contributed by atoms with van der Waals surface area (Å²) in [6, 6.07) is 11.5. The Labute approximate surface area is 203 Å². The van der Waals surface area contributed by atoms with Crippen LogP contribution in [0.5, 0.6) is 11.5 Å². The van der Waals surface area contributed by atoms with Crippen LogP contribution in [0.2, 0.25) is 0 Å². The van der Waals surface area contributed by atoms with Gasteiger partial charge in [-0.25, -0.2) is 4.79 Å². The molecule has 174 valence electrons. The maximum absolute atomic E-state index is 13.0. The van der Waals surface area contributed by atoms with Gasteiger partial charge in [0.05, 0.1) is 11.1 Å². The lowest BCUT2D eigenvalue weighted by Gasteiger charge is -2.28. The van der Waals surface area contributed by atoms with Crippen molar-refractivity contribution >= 4 is 33.9 Å². The summed E-state index contributed by atoms with van der Waals surface area (Å²) in [5, 5.41) is 2.75. The molecule has 6 nitrogen and oxygen atoms in total. The van der Waals surface area contributed by atoms with Gasteiger partial charge >= 0.3 is 6.03 Å². The van der Waals surface area contributed by atoms with Crippen molar-refractivity contribution in [1.29, 1.82) is 0 Å². The van der Waals surface area contributed by atoms with E-state index in [4.69, 9.17) is 9.47 Å². The van der Waals surface area contributed by atoms with Gasteiger partial charge in [0, 0.05) is 6.04 Å². The van der Waals surface area contributed by atoms with E-state index in [0.29, 0.717) is 29.2 Å². The van der Waals surface area contributed by atoms with Gasteiger partial charge in [-0.1, -0.05) is 49.1 Å². The van der Waals surface area contributed by atoms with Crippen molar-refractivity contribution in [2.45, 2.75) is 58.6 Å². The molecule has 33 heavy (non-hydrogen) atoms. The predicted octanol–water partition coefficient (Wildman–Crippen LogP) is 5.96. The highest BCUT2D eigenvalue weighted by atomic mass is 79.9. The van der Waals surface area contributed by atoms with E-state index >= 15 is 0 Å². The molecule has 0 unspecified atom stereocenters. The van der Waals surface area contributed by atoms with Crippen LogP contribution >= 0.6 is 15.9 Å². The van der Waals surface area contributed by atoms with Crippen molar-refractivity contribution in [3.63, 3.8) is 0 Å². The van der Waals surface area contributed by atoms with Crippen molar-refractivity contribution in [3.8, 4) is 11.5 Å². The molecule has 0 atom stereocenters. The van der Waals surface area contributed by atoms with Gasteiger partial charge in [0.25, 0.3) is 5.91 Å². The number of carbonyl (C=O) groups is 2. The number of amides is 3. The zero-order valence-corrected chi connectivity index (χ0v) is 20.6.